The highest BCUT2D eigenvalue weighted by molar-refractivity contribution is 5.94. The second-order valence-corrected chi connectivity index (χ2v) is 5.69. The van der Waals surface area contributed by atoms with Crippen molar-refractivity contribution < 1.29 is 4.79 Å². The van der Waals surface area contributed by atoms with Gasteiger partial charge in [-0.2, -0.15) is 5.10 Å². The molecule has 3 rings (SSSR count). The molecule has 0 unspecified atom stereocenters. The van der Waals surface area contributed by atoms with Crippen molar-refractivity contribution in [2.45, 2.75) is 26.2 Å². The predicted octanol–water partition coefficient (Wildman–Crippen LogP) is 3.13. The number of rotatable bonds is 6. The van der Waals surface area contributed by atoms with Crippen LogP contribution in [0.4, 0.5) is 0 Å². The normalized spacial score (nSPS) is 14.1. The van der Waals surface area contributed by atoms with Crippen molar-refractivity contribution in [3.63, 3.8) is 0 Å². The Morgan fingerprint density at radius 1 is 1.33 bits per heavy atom. The van der Waals surface area contributed by atoms with Crippen LogP contribution in [0, 0.1) is 5.92 Å². The van der Waals surface area contributed by atoms with Gasteiger partial charge in [0.1, 0.15) is 0 Å². The van der Waals surface area contributed by atoms with E-state index in [1.165, 1.54) is 12.8 Å². The summed E-state index contributed by atoms with van der Waals surface area (Å²) in [6.45, 7) is 3.87. The molecule has 2 aromatic rings. The molecule has 1 aromatic carbocycles. The summed E-state index contributed by atoms with van der Waals surface area (Å²) in [6, 6.07) is 9.57. The van der Waals surface area contributed by atoms with Crippen molar-refractivity contribution in [3.8, 4) is 5.69 Å². The molecule has 1 fully saturated rings. The lowest BCUT2D eigenvalue weighted by atomic mass is 10.1. The SMILES string of the molecule is CCCN(CC1CC1)C(=O)c1ccc(-n2cccn2)cc1. The zero-order chi connectivity index (χ0) is 14.7. The minimum absolute atomic E-state index is 0.149. The largest absolute Gasteiger partial charge is 0.338 e. The van der Waals surface area contributed by atoms with Gasteiger partial charge < -0.3 is 4.90 Å². The summed E-state index contributed by atoms with van der Waals surface area (Å²) < 4.78 is 1.79. The summed E-state index contributed by atoms with van der Waals surface area (Å²) in [4.78, 5) is 14.6. The maximum absolute atomic E-state index is 12.6. The summed E-state index contributed by atoms with van der Waals surface area (Å²) in [5, 5.41) is 4.19. The molecule has 1 saturated carbocycles. The van der Waals surface area contributed by atoms with Gasteiger partial charge >= 0.3 is 0 Å². The van der Waals surface area contributed by atoms with Gasteiger partial charge in [0.05, 0.1) is 5.69 Å². The predicted molar refractivity (Wildman–Crippen MR) is 82.5 cm³/mol. The molecule has 1 heterocycles. The second-order valence-electron chi connectivity index (χ2n) is 5.69. The van der Waals surface area contributed by atoms with E-state index in [0.717, 1.165) is 36.7 Å². The molecule has 0 radical (unpaired) electrons. The number of aromatic nitrogens is 2. The van der Waals surface area contributed by atoms with E-state index in [2.05, 4.69) is 12.0 Å². The van der Waals surface area contributed by atoms with E-state index in [0.29, 0.717) is 0 Å². The minimum Gasteiger partial charge on any atom is -0.338 e. The van der Waals surface area contributed by atoms with E-state index in [4.69, 9.17) is 0 Å². The van der Waals surface area contributed by atoms with Crippen LogP contribution < -0.4 is 0 Å². The van der Waals surface area contributed by atoms with Crippen LogP contribution in [0.25, 0.3) is 5.69 Å². The average Bonchev–Trinajstić information content (AvgIpc) is 3.16. The van der Waals surface area contributed by atoms with E-state index in [9.17, 15) is 4.79 Å². The quantitative estimate of drug-likeness (QED) is 0.817. The third-order valence-corrected chi connectivity index (χ3v) is 3.84. The topological polar surface area (TPSA) is 38.1 Å². The van der Waals surface area contributed by atoms with Gasteiger partial charge in [-0.15, -0.1) is 0 Å². The Labute approximate surface area is 125 Å². The number of carbonyl (C=O) groups excluding carboxylic acids is 1. The molecule has 4 nitrogen and oxygen atoms in total. The molecule has 0 atom stereocenters. The summed E-state index contributed by atoms with van der Waals surface area (Å²) in [5.74, 6) is 0.875. The van der Waals surface area contributed by atoms with Crippen LogP contribution in [-0.2, 0) is 0 Å². The fourth-order valence-corrected chi connectivity index (χ4v) is 2.52. The maximum Gasteiger partial charge on any atom is 0.253 e. The lowest BCUT2D eigenvalue weighted by molar-refractivity contribution is 0.0747. The maximum atomic E-state index is 12.6. The van der Waals surface area contributed by atoms with Gasteiger partial charge in [-0.25, -0.2) is 4.68 Å². The summed E-state index contributed by atoms with van der Waals surface area (Å²) >= 11 is 0. The fourth-order valence-electron chi connectivity index (χ4n) is 2.52. The molecule has 0 bridgehead atoms. The van der Waals surface area contributed by atoms with Crippen molar-refractivity contribution in [2.75, 3.05) is 13.1 Å². The lowest BCUT2D eigenvalue weighted by Crippen LogP contribution is -2.33. The molecule has 0 aliphatic heterocycles. The Morgan fingerprint density at radius 2 is 2.10 bits per heavy atom. The first kappa shape index (κ1) is 13.9. The van der Waals surface area contributed by atoms with Crippen molar-refractivity contribution in [1.82, 2.24) is 14.7 Å². The molecule has 1 aromatic heterocycles. The number of nitrogens with zero attached hydrogens (tertiary/aromatic N) is 3. The van der Waals surface area contributed by atoms with Crippen LogP contribution in [0.3, 0.4) is 0 Å². The van der Waals surface area contributed by atoms with Crippen molar-refractivity contribution >= 4 is 5.91 Å². The van der Waals surface area contributed by atoms with Crippen LogP contribution in [0.15, 0.2) is 42.7 Å². The fraction of sp³-hybridized carbons (Fsp3) is 0.412. The molecule has 1 amide bonds. The zero-order valence-electron chi connectivity index (χ0n) is 12.4. The van der Waals surface area contributed by atoms with Crippen molar-refractivity contribution in [1.29, 1.82) is 0 Å². The minimum atomic E-state index is 0.149. The Hall–Kier alpha value is -2.10. The van der Waals surface area contributed by atoms with Gasteiger partial charge in [0.25, 0.3) is 5.91 Å². The molecule has 21 heavy (non-hydrogen) atoms. The first-order valence-corrected chi connectivity index (χ1v) is 7.67. The summed E-state index contributed by atoms with van der Waals surface area (Å²) in [6.07, 6.45) is 7.19. The van der Waals surface area contributed by atoms with Gasteiger partial charge in [-0.3, -0.25) is 4.79 Å². The first-order chi connectivity index (χ1) is 10.3. The third kappa shape index (κ3) is 3.32. The van der Waals surface area contributed by atoms with Crippen LogP contribution in [-0.4, -0.2) is 33.7 Å². The average molecular weight is 283 g/mol. The number of amides is 1. The Kier molecular flexibility index (Phi) is 4.04. The van der Waals surface area contributed by atoms with Crippen LogP contribution in [0.1, 0.15) is 36.5 Å². The molecular formula is C17H21N3O. The highest BCUT2D eigenvalue weighted by atomic mass is 16.2. The van der Waals surface area contributed by atoms with Crippen LogP contribution >= 0.6 is 0 Å². The summed E-state index contributed by atoms with van der Waals surface area (Å²) in [5.41, 5.74) is 1.74. The Bertz CT molecular complexity index is 585. The Balaban J connectivity index is 1.73. The second kappa shape index (κ2) is 6.12. The smallest absolute Gasteiger partial charge is 0.253 e. The molecule has 4 heteroatoms. The van der Waals surface area contributed by atoms with Gasteiger partial charge in [0, 0.05) is 31.0 Å². The van der Waals surface area contributed by atoms with Gasteiger partial charge in [0.15, 0.2) is 0 Å². The van der Waals surface area contributed by atoms with Crippen molar-refractivity contribution in [2.24, 2.45) is 5.92 Å². The number of benzene rings is 1. The van der Waals surface area contributed by atoms with E-state index in [-0.39, 0.29) is 5.91 Å². The first-order valence-electron chi connectivity index (χ1n) is 7.67. The van der Waals surface area contributed by atoms with Gasteiger partial charge in [-0.05, 0) is 55.5 Å². The molecule has 0 N–H and O–H groups in total. The van der Waals surface area contributed by atoms with Crippen molar-refractivity contribution in [3.05, 3.63) is 48.3 Å². The molecule has 0 saturated heterocycles. The van der Waals surface area contributed by atoms with Gasteiger partial charge in [0.2, 0.25) is 0 Å². The standard InChI is InChI=1S/C17H21N3O/c1-2-11-19(13-14-4-5-14)17(21)15-6-8-16(9-7-15)20-12-3-10-18-20/h3,6-10,12,14H,2,4-5,11,13H2,1H3. The summed E-state index contributed by atoms with van der Waals surface area (Å²) in [7, 11) is 0. The van der Waals surface area contributed by atoms with E-state index < -0.39 is 0 Å². The molecule has 110 valence electrons. The van der Waals surface area contributed by atoms with Crippen LogP contribution in [0.2, 0.25) is 0 Å². The number of hydrogen-bond acceptors (Lipinski definition) is 2. The van der Waals surface area contributed by atoms with E-state index in [1.807, 2.05) is 41.4 Å². The van der Waals surface area contributed by atoms with E-state index in [1.54, 1.807) is 10.9 Å². The molecular weight excluding hydrogens is 262 g/mol. The third-order valence-electron chi connectivity index (χ3n) is 3.84. The van der Waals surface area contributed by atoms with E-state index >= 15 is 0 Å². The highest BCUT2D eigenvalue weighted by Crippen LogP contribution is 2.30. The number of carbonyl (C=O) groups is 1. The number of hydrogen-bond donors (Lipinski definition) is 0. The Morgan fingerprint density at radius 3 is 2.67 bits per heavy atom. The zero-order valence-corrected chi connectivity index (χ0v) is 12.4. The highest BCUT2D eigenvalue weighted by Gasteiger charge is 2.26. The molecule has 0 spiro atoms. The lowest BCUT2D eigenvalue weighted by Gasteiger charge is -2.22. The molecule has 1 aliphatic carbocycles. The molecule has 1 aliphatic rings. The van der Waals surface area contributed by atoms with Gasteiger partial charge in [-0.1, -0.05) is 6.92 Å². The monoisotopic (exact) mass is 283 g/mol. The van der Waals surface area contributed by atoms with Crippen LogP contribution in [0.5, 0.6) is 0 Å².